The van der Waals surface area contributed by atoms with Gasteiger partial charge >= 0.3 is 5.97 Å². The minimum Gasteiger partial charge on any atom is -0.481 e. The minimum absolute atomic E-state index is 0.114. The van der Waals surface area contributed by atoms with Crippen LogP contribution >= 0.6 is 0 Å². The number of hydrogen-bond acceptors (Lipinski definition) is 3. The van der Waals surface area contributed by atoms with E-state index in [2.05, 4.69) is 10.6 Å². The Morgan fingerprint density at radius 3 is 2.29 bits per heavy atom. The van der Waals surface area contributed by atoms with Crippen LogP contribution in [0.5, 0.6) is 0 Å². The molecule has 0 aromatic heterocycles. The number of hydrogen-bond donors (Lipinski definition) is 3. The Labute approximate surface area is 125 Å². The Morgan fingerprint density at radius 2 is 1.81 bits per heavy atom. The molecule has 1 amide bonds. The molecule has 3 N–H and O–H groups in total. The molecule has 0 aliphatic heterocycles. The van der Waals surface area contributed by atoms with Gasteiger partial charge in [-0.1, -0.05) is 26.0 Å². The highest BCUT2D eigenvalue weighted by atomic mass is 16.4. The molecule has 0 bridgehead atoms. The summed E-state index contributed by atoms with van der Waals surface area (Å²) in [4.78, 5) is 22.6. The summed E-state index contributed by atoms with van der Waals surface area (Å²) in [6.07, 6.45) is 0.665. The van der Waals surface area contributed by atoms with Gasteiger partial charge in [-0.3, -0.25) is 9.59 Å². The zero-order valence-electron chi connectivity index (χ0n) is 12.8. The topological polar surface area (TPSA) is 78.4 Å². The van der Waals surface area contributed by atoms with Gasteiger partial charge < -0.3 is 15.7 Å². The molecule has 0 saturated heterocycles. The van der Waals surface area contributed by atoms with Crippen LogP contribution < -0.4 is 10.6 Å². The smallest absolute Gasteiger partial charge is 0.307 e. The van der Waals surface area contributed by atoms with Crippen LogP contribution in [0, 0.1) is 11.8 Å². The summed E-state index contributed by atoms with van der Waals surface area (Å²) in [5.74, 6) is -0.876. The Kier molecular flexibility index (Phi) is 6.88. The largest absolute Gasteiger partial charge is 0.481 e. The average molecular weight is 292 g/mol. The van der Waals surface area contributed by atoms with Gasteiger partial charge in [0.15, 0.2) is 0 Å². The van der Waals surface area contributed by atoms with Crippen LogP contribution in [0.25, 0.3) is 0 Å². The van der Waals surface area contributed by atoms with E-state index in [1.165, 1.54) is 0 Å². The standard InChI is InChI=1S/C16H24N2O3/c1-11(2)8-14(16(20)21)10-18-9-12-4-6-13(7-5-12)15(19)17-3/h4-7,11,14,18H,8-10H2,1-3H3,(H,17,19)(H,20,21). The van der Waals surface area contributed by atoms with Crippen LogP contribution in [-0.2, 0) is 11.3 Å². The molecule has 1 rings (SSSR count). The summed E-state index contributed by atoms with van der Waals surface area (Å²) in [6, 6.07) is 7.27. The molecular weight excluding hydrogens is 268 g/mol. The molecule has 0 radical (unpaired) electrons. The molecule has 21 heavy (non-hydrogen) atoms. The van der Waals surface area contributed by atoms with E-state index in [0.29, 0.717) is 31.0 Å². The van der Waals surface area contributed by atoms with Crippen LogP contribution in [0.1, 0.15) is 36.2 Å². The van der Waals surface area contributed by atoms with Crippen molar-refractivity contribution in [1.82, 2.24) is 10.6 Å². The van der Waals surface area contributed by atoms with Crippen molar-refractivity contribution in [3.05, 3.63) is 35.4 Å². The van der Waals surface area contributed by atoms with Crippen LogP contribution in [0.3, 0.4) is 0 Å². The predicted molar refractivity (Wildman–Crippen MR) is 82.1 cm³/mol. The highest BCUT2D eigenvalue weighted by molar-refractivity contribution is 5.93. The fourth-order valence-electron chi connectivity index (χ4n) is 2.15. The first-order valence-electron chi connectivity index (χ1n) is 7.18. The molecule has 0 fully saturated rings. The number of rotatable bonds is 8. The molecule has 0 aliphatic rings. The van der Waals surface area contributed by atoms with Gasteiger partial charge in [0, 0.05) is 25.7 Å². The highest BCUT2D eigenvalue weighted by Crippen LogP contribution is 2.11. The van der Waals surface area contributed by atoms with Crippen LogP contribution in [0.2, 0.25) is 0 Å². The number of benzene rings is 1. The lowest BCUT2D eigenvalue weighted by Gasteiger charge is -2.15. The van der Waals surface area contributed by atoms with E-state index < -0.39 is 5.97 Å². The van der Waals surface area contributed by atoms with E-state index in [-0.39, 0.29) is 11.8 Å². The highest BCUT2D eigenvalue weighted by Gasteiger charge is 2.18. The van der Waals surface area contributed by atoms with Gasteiger partial charge in [0.1, 0.15) is 0 Å². The number of carbonyl (C=O) groups is 2. The van der Waals surface area contributed by atoms with Crippen LogP contribution in [0.15, 0.2) is 24.3 Å². The predicted octanol–water partition coefficient (Wildman–Crippen LogP) is 1.88. The quantitative estimate of drug-likeness (QED) is 0.683. The van der Waals surface area contributed by atoms with Crippen molar-refractivity contribution in [2.45, 2.75) is 26.8 Å². The number of carboxylic acids is 1. The Balaban J connectivity index is 2.47. The van der Waals surface area contributed by atoms with E-state index >= 15 is 0 Å². The fraction of sp³-hybridized carbons (Fsp3) is 0.500. The molecule has 0 saturated carbocycles. The van der Waals surface area contributed by atoms with Gasteiger partial charge in [-0.05, 0) is 30.0 Å². The lowest BCUT2D eigenvalue weighted by molar-refractivity contribution is -0.142. The second-order valence-electron chi connectivity index (χ2n) is 5.57. The first kappa shape index (κ1) is 17.2. The van der Waals surface area contributed by atoms with Gasteiger partial charge in [-0.2, -0.15) is 0 Å². The SMILES string of the molecule is CNC(=O)c1ccc(CNCC(CC(C)C)C(=O)O)cc1. The van der Waals surface area contributed by atoms with E-state index in [1.54, 1.807) is 19.2 Å². The summed E-state index contributed by atoms with van der Waals surface area (Å²) in [5.41, 5.74) is 1.64. The van der Waals surface area contributed by atoms with Crippen molar-refractivity contribution < 1.29 is 14.7 Å². The third kappa shape index (κ3) is 5.95. The fourth-order valence-corrected chi connectivity index (χ4v) is 2.15. The first-order valence-corrected chi connectivity index (χ1v) is 7.18. The summed E-state index contributed by atoms with van der Waals surface area (Å²) in [5, 5.41) is 14.9. The zero-order chi connectivity index (χ0) is 15.8. The summed E-state index contributed by atoms with van der Waals surface area (Å²) >= 11 is 0. The second kappa shape index (κ2) is 8.42. The molecule has 5 nitrogen and oxygen atoms in total. The molecule has 1 unspecified atom stereocenters. The number of nitrogens with one attached hydrogen (secondary N) is 2. The molecule has 0 spiro atoms. The summed E-state index contributed by atoms with van der Waals surface area (Å²) in [6.45, 7) is 5.08. The normalized spacial score (nSPS) is 12.2. The number of carboxylic acid groups (broad SMARTS) is 1. The Morgan fingerprint density at radius 1 is 1.19 bits per heavy atom. The molecule has 0 aliphatic carbocycles. The van der Waals surface area contributed by atoms with E-state index in [4.69, 9.17) is 5.11 Å². The molecule has 1 aromatic carbocycles. The van der Waals surface area contributed by atoms with Crippen molar-refractivity contribution in [1.29, 1.82) is 0 Å². The lowest BCUT2D eigenvalue weighted by atomic mass is 9.97. The molecule has 116 valence electrons. The van der Waals surface area contributed by atoms with Gasteiger partial charge in [-0.15, -0.1) is 0 Å². The van der Waals surface area contributed by atoms with Crippen LogP contribution in [-0.4, -0.2) is 30.6 Å². The Hall–Kier alpha value is -1.88. The van der Waals surface area contributed by atoms with Crippen molar-refractivity contribution >= 4 is 11.9 Å². The molecule has 1 aromatic rings. The lowest BCUT2D eigenvalue weighted by Crippen LogP contribution is -2.29. The molecule has 5 heteroatoms. The van der Waals surface area contributed by atoms with Crippen molar-refractivity contribution in [3.63, 3.8) is 0 Å². The minimum atomic E-state index is -0.758. The number of amides is 1. The number of carbonyl (C=O) groups excluding carboxylic acids is 1. The van der Waals surface area contributed by atoms with Gasteiger partial charge in [0.2, 0.25) is 0 Å². The van der Waals surface area contributed by atoms with Gasteiger partial charge in [0.25, 0.3) is 5.91 Å². The maximum absolute atomic E-state index is 11.4. The van der Waals surface area contributed by atoms with Gasteiger partial charge in [0.05, 0.1) is 5.92 Å². The third-order valence-electron chi connectivity index (χ3n) is 3.27. The molecule has 1 atom stereocenters. The number of aliphatic carboxylic acids is 1. The van der Waals surface area contributed by atoms with Crippen molar-refractivity contribution in [2.75, 3.05) is 13.6 Å². The third-order valence-corrected chi connectivity index (χ3v) is 3.27. The van der Waals surface area contributed by atoms with E-state index in [9.17, 15) is 9.59 Å². The second-order valence-corrected chi connectivity index (χ2v) is 5.57. The van der Waals surface area contributed by atoms with E-state index in [1.807, 2.05) is 26.0 Å². The van der Waals surface area contributed by atoms with E-state index in [0.717, 1.165) is 5.56 Å². The molecule has 0 heterocycles. The average Bonchev–Trinajstić information content (AvgIpc) is 2.45. The van der Waals surface area contributed by atoms with Gasteiger partial charge in [-0.25, -0.2) is 0 Å². The van der Waals surface area contributed by atoms with Crippen molar-refractivity contribution in [2.24, 2.45) is 11.8 Å². The summed E-state index contributed by atoms with van der Waals surface area (Å²) in [7, 11) is 1.60. The monoisotopic (exact) mass is 292 g/mol. The molecular formula is C16H24N2O3. The zero-order valence-corrected chi connectivity index (χ0v) is 12.8. The maximum Gasteiger partial charge on any atom is 0.307 e. The maximum atomic E-state index is 11.4. The Bertz CT molecular complexity index is 469. The summed E-state index contributed by atoms with van der Waals surface area (Å²) < 4.78 is 0. The first-order chi connectivity index (χ1) is 9.93. The van der Waals surface area contributed by atoms with Crippen LogP contribution in [0.4, 0.5) is 0 Å². The van der Waals surface area contributed by atoms with Crippen molar-refractivity contribution in [3.8, 4) is 0 Å².